The Morgan fingerprint density at radius 1 is 0.216 bits per heavy atom. The number of alkyl carbamates (subject to hydrolysis) is 4. The van der Waals surface area contributed by atoms with Gasteiger partial charge in [0.05, 0.1) is 217 Å². The van der Waals surface area contributed by atoms with Gasteiger partial charge in [-0.15, -0.1) is 0 Å². The van der Waals surface area contributed by atoms with Gasteiger partial charge in [0.1, 0.15) is 34.5 Å². The van der Waals surface area contributed by atoms with Crippen molar-refractivity contribution in [1.29, 1.82) is 0 Å². The lowest BCUT2D eigenvalue weighted by Crippen LogP contribution is -2.47. The molecule has 134 heavy (non-hydrogen) atoms. The van der Waals surface area contributed by atoms with Crippen LogP contribution in [-0.2, 0) is 133 Å². The second-order valence-corrected chi connectivity index (χ2v) is 34.8. The van der Waals surface area contributed by atoms with Crippen molar-refractivity contribution in [2.24, 2.45) is 0 Å². The molecule has 0 aliphatic carbocycles. The smallest absolute Gasteiger partial charge is 0.407 e. The zero-order valence-electron chi connectivity index (χ0n) is 83.2. The molecule has 10 amide bonds. The zero-order valence-corrected chi connectivity index (χ0v) is 83.2. The van der Waals surface area contributed by atoms with Crippen LogP contribution in [0.2, 0.25) is 0 Å². The SMILES string of the molecule is CNCCOCCOCCOCCOCCC(=O)NC(CCCCNC(=O)OC(C)(C)C)C(=O)NCCOCCOCCOCCOCCC(=O)NC(CCCCNC(=O)OC(C)(C)C)C(=O)CCCOCCOCCOCCOCCC(=O)NC(CCCCNC(=O)OC(C)(C)C)C(=O)NCCOCCOCCOCCOCCC(=O)NC(CCCCNC(=O)OC(C)(C)C)C(C)=O. The minimum Gasteiger partial charge on any atom is -0.444 e. The molecule has 4 atom stereocenters. The maximum atomic E-state index is 13.5. The van der Waals surface area contributed by atoms with Gasteiger partial charge in [0.25, 0.3) is 0 Å². The third-order valence-electron chi connectivity index (χ3n) is 17.9. The summed E-state index contributed by atoms with van der Waals surface area (Å²) in [7, 11) is 1.86. The first kappa shape index (κ1) is 127. The minimum atomic E-state index is -0.861. The van der Waals surface area contributed by atoms with Gasteiger partial charge in [-0.05, 0) is 181 Å². The van der Waals surface area contributed by atoms with Gasteiger partial charge >= 0.3 is 24.4 Å². The van der Waals surface area contributed by atoms with E-state index < -0.39 is 76.9 Å². The van der Waals surface area contributed by atoms with Crippen LogP contribution in [-0.4, -0.2) is 382 Å². The average molecular weight is 1930 g/mol. The summed E-state index contributed by atoms with van der Waals surface area (Å²) in [6.45, 7) is 34.1. The van der Waals surface area contributed by atoms with Gasteiger partial charge in [-0.3, -0.25) is 38.4 Å². The highest BCUT2D eigenvalue weighted by Gasteiger charge is 2.27. The standard InChI is InChI=1S/C91H171N11O32/c1-72(103)73(24-15-19-33-95-84(111)131-88(2,3)4)99-78(105)29-41-116-49-57-125-67-70-129-62-54-121-46-38-93-82(109)75(26-17-21-35-97-86(113)133-90(8,9)10)101-80(107)31-43-118-51-59-124-65-64-123-56-48-115-40-23-28-77(104)74(25-16-20-34-96-85(112)132-89(5,6)7)100-79(106)30-42-117-50-58-126-68-71-130-63-55-122-47-39-94-83(110)76(27-18-22-36-98-87(114)134-91(11,12)13)102-81(108)32-44-119-52-60-127-66-69-128-61-53-120-45-37-92-14/h73-76,92H,15-71H2,1-14H3,(H,93,109)(H,94,110)(H,95,111)(H,96,112)(H,97,113)(H,98,114)(H,99,105)(H,100,106)(H,101,107)(H,102,108). The molecule has 0 saturated carbocycles. The maximum absolute atomic E-state index is 13.5. The van der Waals surface area contributed by atoms with E-state index in [1.807, 2.05) is 7.05 Å². The lowest BCUT2D eigenvalue weighted by Gasteiger charge is -2.20. The number of unbranched alkanes of at least 4 members (excludes halogenated alkanes) is 4. The lowest BCUT2D eigenvalue weighted by atomic mass is 10.0. The molecule has 0 rings (SSSR count). The summed E-state index contributed by atoms with van der Waals surface area (Å²) < 4.78 is 110. The van der Waals surface area contributed by atoms with Crippen molar-refractivity contribution < 1.29 is 152 Å². The lowest BCUT2D eigenvalue weighted by molar-refractivity contribution is -0.130. The van der Waals surface area contributed by atoms with Gasteiger partial charge in [0, 0.05) is 84.5 Å². The summed E-state index contributed by atoms with van der Waals surface area (Å²) in [4.78, 5) is 152. The molecule has 0 heterocycles. The number of carbonyl (C=O) groups is 12. The highest BCUT2D eigenvalue weighted by molar-refractivity contribution is 5.90. The second-order valence-electron chi connectivity index (χ2n) is 34.8. The Bertz CT molecular complexity index is 3060. The predicted octanol–water partition coefficient (Wildman–Crippen LogP) is 4.92. The molecule has 0 aliphatic heterocycles. The van der Waals surface area contributed by atoms with Crippen molar-refractivity contribution in [3.05, 3.63) is 0 Å². The van der Waals surface area contributed by atoms with Gasteiger partial charge in [0.15, 0.2) is 11.6 Å². The largest absolute Gasteiger partial charge is 0.444 e. The summed E-state index contributed by atoms with van der Waals surface area (Å²) in [5.74, 6) is -2.48. The Labute approximate surface area is 795 Å². The van der Waals surface area contributed by atoms with E-state index >= 15 is 0 Å². The second kappa shape index (κ2) is 83.7. The molecule has 0 aromatic rings. The fourth-order valence-corrected chi connectivity index (χ4v) is 11.3. The van der Waals surface area contributed by atoms with E-state index in [9.17, 15) is 57.5 Å². The van der Waals surface area contributed by atoms with Crippen LogP contribution in [0, 0.1) is 0 Å². The summed E-state index contributed by atoms with van der Waals surface area (Å²) in [6, 6.07) is -3.07. The third-order valence-corrected chi connectivity index (χ3v) is 17.9. The average Bonchev–Trinajstić information content (AvgIpc) is 0.926. The molecule has 0 saturated heterocycles. The molecule has 782 valence electrons. The third kappa shape index (κ3) is 88.5. The molecule has 0 spiro atoms. The molecular formula is C91H171N11O32. The number of ketones is 2. The van der Waals surface area contributed by atoms with Crippen LogP contribution in [0.1, 0.15) is 206 Å². The molecule has 43 heteroatoms. The molecule has 0 aromatic heterocycles. The molecule has 43 nitrogen and oxygen atoms in total. The van der Waals surface area contributed by atoms with E-state index in [-0.39, 0.29) is 245 Å². The zero-order chi connectivity index (χ0) is 99.5. The molecule has 0 bridgehead atoms. The Balaban J connectivity index is 4.69. The number of hydrogen-bond acceptors (Lipinski definition) is 33. The Hall–Kier alpha value is -7.44. The topological polar surface area (TPSA) is 522 Å². The Morgan fingerprint density at radius 2 is 0.425 bits per heavy atom. The number of hydrogen-bond donors (Lipinski definition) is 11. The van der Waals surface area contributed by atoms with Crippen LogP contribution in [0.15, 0.2) is 0 Å². The van der Waals surface area contributed by atoms with Gasteiger partial charge in [-0.2, -0.15) is 0 Å². The van der Waals surface area contributed by atoms with Gasteiger partial charge in [-0.1, -0.05) is 0 Å². The number of carbonyl (C=O) groups excluding carboxylic acids is 12. The van der Waals surface area contributed by atoms with Crippen molar-refractivity contribution in [1.82, 2.24) is 58.5 Å². The maximum Gasteiger partial charge on any atom is 0.407 e. The number of ether oxygens (including phenoxy) is 20. The summed E-state index contributed by atoms with van der Waals surface area (Å²) in [5.41, 5.74) is -2.55. The van der Waals surface area contributed by atoms with Gasteiger partial charge < -0.3 is 153 Å². The van der Waals surface area contributed by atoms with Crippen molar-refractivity contribution in [3.8, 4) is 0 Å². The minimum absolute atomic E-state index is 0.00843. The first-order valence-corrected chi connectivity index (χ1v) is 47.5. The molecule has 0 fully saturated rings. The van der Waals surface area contributed by atoms with E-state index in [1.54, 1.807) is 83.1 Å². The van der Waals surface area contributed by atoms with Crippen molar-refractivity contribution >= 4 is 71.4 Å². The first-order chi connectivity index (χ1) is 64.0. The highest BCUT2D eigenvalue weighted by atomic mass is 16.6. The number of nitrogens with one attached hydrogen (secondary N) is 11. The van der Waals surface area contributed by atoms with E-state index in [4.69, 9.17) is 94.7 Å². The Morgan fingerprint density at radius 3 is 0.672 bits per heavy atom. The van der Waals surface area contributed by atoms with E-state index in [0.29, 0.717) is 163 Å². The summed E-state index contributed by atoms with van der Waals surface area (Å²) in [5, 5.41) is 30.7. The molecule has 0 aromatic carbocycles. The van der Waals surface area contributed by atoms with E-state index in [2.05, 4.69) is 58.5 Å². The molecule has 11 N–H and O–H groups in total. The molecular weight excluding hydrogens is 1760 g/mol. The first-order valence-electron chi connectivity index (χ1n) is 47.5. The molecule has 0 radical (unpaired) electrons. The van der Waals surface area contributed by atoms with E-state index in [0.717, 1.165) is 6.54 Å². The molecule has 0 aliphatic rings. The number of Topliss-reactive ketones (excluding diaryl/α,β-unsaturated/α-hetero) is 2. The monoisotopic (exact) mass is 1930 g/mol. The van der Waals surface area contributed by atoms with Crippen LogP contribution >= 0.6 is 0 Å². The number of rotatable bonds is 89. The van der Waals surface area contributed by atoms with Crippen LogP contribution in [0.3, 0.4) is 0 Å². The van der Waals surface area contributed by atoms with Crippen molar-refractivity contribution in [3.63, 3.8) is 0 Å². The van der Waals surface area contributed by atoms with Crippen LogP contribution in [0.5, 0.6) is 0 Å². The summed E-state index contributed by atoms with van der Waals surface area (Å²) in [6.07, 6.45) is 4.38. The van der Waals surface area contributed by atoms with Gasteiger partial charge in [-0.25, -0.2) is 19.2 Å². The van der Waals surface area contributed by atoms with Crippen molar-refractivity contribution in [2.75, 3.05) is 264 Å². The van der Waals surface area contributed by atoms with Gasteiger partial charge in [0.2, 0.25) is 35.4 Å². The summed E-state index contributed by atoms with van der Waals surface area (Å²) >= 11 is 0. The normalized spacial score (nSPS) is 12.6. The predicted molar refractivity (Wildman–Crippen MR) is 497 cm³/mol. The number of likely N-dealkylation sites (N-methyl/N-ethyl adjacent to an activating group) is 1. The fourth-order valence-electron chi connectivity index (χ4n) is 11.3. The number of amides is 10. The quantitative estimate of drug-likeness (QED) is 0.0284. The van der Waals surface area contributed by atoms with Crippen LogP contribution in [0.25, 0.3) is 0 Å². The molecule has 4 unspecified atom stereocenters. The van der Waals surface area contributed by atoms with Crippen molar-refractivity contribution in [2.45, 2.75) is 252 Å². The van der Waals surface area contributed by atoms with Crippen LogP contribution in [0.4, 0.5) is 19.2 Å². The fraction of sp³-hybridized carbons (Fsp3) is 0.868. The highest BCUT2D eigenvalue weighted by Crippen LogP contribution is 2.14. The Kier molecular flexibility index (Phi) is 79.1. The van der Waals surface area contributed by atoms with Crippen LogP contribution < -0.4 is 58.5 Å². The van der Waals surface area contributed by atoms with E-state index in [1.165, 1.54) is 6.92 Å².